The molecule has 0 bridgehead atoms. The smallest absolute Gasteiger partial charge is 0.332 e. The predicted molar refractivity (Wildman–Crippen MR) is 56.5 cm³/mol. The number of hydrogen-bond donors (Lipinski definition) is 1. The zero-order chi connectivity index (χ0) is 10.1. The molecule has 0 amide bonds. The van der Waals surface area contributed by atoms with Crippen LogP contribution < -0.4 is 5.73 Å². The van der Waals surface area contributed by atoms with Crippen molar-refractivity contribution in [1.82, 2.24) is 0 Å². The standard InChI is InChI=1S/C9H17NO2S/c1-3-5-12-9(11)6-8(10)7-13-4-2/h6H,3-5,7,10H2,1-2H3/b8-6-. The second kappa shape index (κ2) is 7.98. The monoisotopic (exact) mass is 203 g/mol. The third-order valence-electron chi connectivity index (χ3n) is 1.22. The van der Waals surface area contributed by atoms with E-state index < -0.39 is 0 Å². The van der Waals surface area contributed by atoms with Crippen LogP contribution in [-0.2, 0) is 9.53 Å². The Morgan fingerprint density at radius 2 is 2.23 bits per heavy atom. The number of carbonyl (C=O) groups is 1. The minimum atomic E-state index is -0.337. The molecule has 0 aromatic rings. The number of hydrogen-bond acceptors (Lipinski definition) is 4. The van der Waals surface area contributed by atoms with Gasteiger partial charge in [-0.2, -0.15) is 11.8 Å². The van der Waals surface area contributed by atoms with E-state index in [0.29, 0.717) is 18.1 Å². The first kappa shape index (κ1) is 12.4. The van der Waals surface area contributed by atoms with E-state index in [2.05, 4.69) is 0 Å². The second-order valence-electron chi connectivity index (χ2n) is 2.52. The molecule has 0 aliphatic carbocycles. The van der Waals surface area contributed by atoms with Gasteiger partial charge in [-0.15, -0.1) is 0 Å². The Hall–Kier alpha value is -0.640. The highest BCUT2D eigenvalue weighted by molar-refractivity contribution is 7.99. The molecule has 4 heteroatoms. The van der Waals surface area contributed by atoms with Crippen molar-refractivity contribution in [3.05, 3.63) is 11.8 Å². The molecule has 0 aromatic carbocycles. The van der Waals surface area contributed by atoms with Gasteiger partial charge >= 0.3 is 5.97 Å². The summed E-state index contributed by atoms with van der Waals surface area (Å²) in [5.74, 6) is 1.35. The number of carbonyl (C=O) groups excluding carboxylic acids is 1. The number of thioether (sulfide) groups is 1. The number of esters is 1. The highest BCUT2D eigenvalue weighted by atomic mass is 32.2. The van der Waals surface area contributed by atoms with E-state index in [1.54, 1.807) is 11.8 Å². The first-order chi connectivity index (χ1) is 6.20. The van der Waals surface area contributed by atoms with E-state index >= 15 is 0 Å². The third kappa shape index (κ3) is 7.71. The molecule has 0 fully saturated rings. The molecule has 0 aliphatic rings. The van der Waals surface area contributed by atoms with Crippen molar-refractivity contribution in [2.75, 3.05) is 18.1 Å². The average molecular weight is 203 g/mol. The minimum Gasteiger partial charge on any atom is -0.462 e. The molecule has 2 N–H and O–H groups in total. The lowest BCUT2D eigenvalue weighted by atomic mass is 10.4. The van der Waals surface area contributed by atoms with Crippen LogP contribution >= 0.6 is 11.8 Å². The van der Waals surface area contributed by atoms with Gasteiger partial charge in [-0.1, -0.05) is 13.8 Å². The van der Waals surface area contributed by atoms with Crippen LogP contribution in [0, 0.1) is 0 Å². The fourth-order valence-corrected chi connectivity index (χ4v) is 1.18. The summed E-state index contributed by atoms with van der Waals surface area (Å²) in [5.41, 5.74) is 6.15. The van der Waals surface area contributed by atoms with Gasteiger partial charge in [0.1, 0.15) is 0 Å². The summed E-state index contributed by atoms with van der Waals surface area (Å²) >= 11 is 1.68. The molecular weight excluding hydrogens is 186 g/mol. The summed E-state index contributed by atoms with van der Waals surface area (Å²) in [4.78, 5) is 11.0. The van der Waals surface area contributed by atoms with Gasteiger partial charge in [0.25, 0.3) is 0 Å². The summed E-state index contributed by atoms with van der Waals surface area (Å²) in [6.07, 6.45) is 2.20. The Bertz CT molecular complexity index is 180. The first-order valence-electron chi connectivity index (χ1n) is 4.41. The lowest BCUT2D eigenvalue weighted by Crippen LogP contribution is -2.08. The van der Waals surface area contributed by atoms with Crippen molar-refractivity contribution in [3.8, 4) is 0 Å². The van der Waals surface area contributed by atoms with Crippen LogP contribution in [0.4, 0.5) is 0 Å². The molecule has 3 nitrogen and oxygen atoms in total. The molecule has 13 heavy (non-hydrogen) atoms. The molecule has 76 valence electrons. The molecule has 0 heterocycles. The minimum absolute atomic E-state index is 0.337. The van der Waals surface area contributed by atoms with Crippen molar-refractivity contribution < 1.29 is 9.53 Å². The summed E-state index contributed by atoms with van der Waals surface area (Å²) in [5, 5.41) is 0. The van der Waals surface area contributed by atoms with Gasteiger partial charge in [0.2, 0.25) is 0 Å². The van der Waals surface area contributed by atoms with E-state index in [-0.39, 0.29) is 5.97 Å². The van der Waals surface area contributed by atoms with Crippen molar-refractivity contribution in [3.63, 3.8) is 0 Å². The van der Waals surface area contributed by atoms with Gasteiger partial charge < -0.3 is 10.5 Å². The van der Waals surface area contributed by atoms with E-state index in [1.807, 2.05) is 13.8 Å². The maximum Gasteiger partial charge on any atom is 0.332 e. The van der Waals surface area contributed by atoms with Gasteiger partial charge in [0, 0.05) is 17.5 Å². The van der Waals surface area contributed by atoms with Crippen LogP contribution in [0.15, 0.2) is 11.8 Å². The first-order valence-corrected chi connectivity index (χ1v) is 5.56. The maximum absolute atomic E-state index is 11.0. The van der Waals surface area contributed by atoms with Crippen molar-refractivity contribution in [1.29, 1.82) is 0 Å². The largest absolute Gasteiger partial charge is 0.462 e. The lowest BCUT2D eigenvalue weighted by molar-refractivity contribution is -0.137. The molecule has 0 unspecified atom stereocenters. The zero-order valence-electron chi connectivity index (χ0n) is 8.21. The number of ether oxygens (including phenoxy) is 1. The van der Waals surface area contributed by atoms with Crippen molar-refractivity contribution >= 4 is 17.7 Å². The summed E-state index contributed by atoms with van der Waals surface area (Å²) in [6, 6.07) is 0. The fourth-order valence-electron chi connectivity index (χ4n) is 0.657. The Labute approximate surface area is 83.7 Å². The topological polar surface area (TPSA) is 52.3 Å². The van der Waals surface area contributed by atoms with Gasteiger partial charge in [-0.05, 0) is 12.2 Å². The van der Waals surface area contributed by atoms with E-state index in [9.17, 15) is 4.79 Å². The van der Waals surface area contributed by atoms with Gasteiger partial charge in [-0.25, -0.2) is 4.79 Å². The number of nitrogens with two attached hydrogens (primary N) is 1. The van der Waals surface area contributed by atoms with E-state index in [0.717, 1.165) is 12.2 Å². The van der Waals surface area contributed by atoms with E-state index in [1.165, 1.54) is 6.08 Å². The van der Waals surface area contributed by atoms with E-state index in [4.69, 9.17) is 10.5 Å². The zero-order valence-corrected chi connectivity index (χ0v) is 9.02. The Balaban J connectivity index is 3.70. The third-order valence-corrected chi connectivity index (χ3v) is 2.17. The van der Waals surface area contributed by atoms with Crippen LogP contribution in [0.1, 0.15) is 20.3 Å². The summed E-state index contributed by atoms with van der Waals surface area (Å²) in [6.45, 7) is 4.46. The van der Waals surface area contributed by atoms with Crippen LogP contribution in [0.2, 0.25) is 0 Å². The maximum atomic E-state index is 11.0. The summed E-state index contributed by atoms with van der Waals surface area (Å²) in [7, 11) is 0. The quantitative estimate of drug-likeness (QED) is 0.525. The van der Waals surface area contributed by atoms with Crippen LogP contribution in [-0.4, -0.2) is 24.1 Å². The molecule has 0 spiro atoms. The molecule has 0 radical (unpaired) electrons. The lowest BCUT2D eigenvalue weighted by Gasteiger charge is -2.00. The van der Waals surface area contributed by atoms with Gasteiger partial charge in [0.05, 0.1) is 6.61 Å². The molecule has 0 saturated heterocycles. The van der Waals surface area contributed by atoms with Crippen LogP contribution in [0.5, 0.6) is 0 Å². The average Bonchev–Trinajstić information content (AvgIpc) is 2.11. The van der Waals surface area contributed by atoms with Gasteiger partial charge in [0.15, 0.2) is 0 Å². The highest BCUT2D eigenvalue weighted by Gasteiger charge is 1.98. The predicted octanol–water partition coefficient (Wildman–Crippen LogP) is 1.54. The molecule has 0 saturated carbocycles. The highest BCUT2D eigenvalue weighted by Crippen LogP contribution is 2.02. The van der Waals surface area contributed by atoms with Crippen LogP contribution in [0.3, 0.4) is 0 Å². The second-order valence-corrected chi connectivity index (χ2v) is 3.80. The molecule has 0 rings (SSSR count). The normalized spacial score (nSPS) is 11.4. The fraction of sp³-hybridized carbons (Fsp3) is 0.667. The SMILES string of the molecule is CCCOC(=O)/C=C(\N)CSCC. The molecular formula is C9H17NO2S. The Morgan fingerprint density at radius 3 is 2.77 bits per heavy atom. The molecule has 0 aliphatic heterocycles. The molecule has 0 aromatic heterocycles. The van der Waals surface area contributed by atoms with Crippen LogP contribution in [0.25, 0.3) is 0 Å². The number of rotatable bonds is 6. The molecule has 0 atom stereocenters. The van der Waals surface area contributed by atoms with Gasteiger partial charge in [-0.3, -0.25) is 0 Å². The van der Waals surface area contributed by atoms with Crippen molar-refractivity contribution in [2.45, 2.75) is 20.3 Å². The summed E-state index contributed by atoms with van der Waals surface area (Å²) < 4.78 is 4.84. The Morgan fingerprint density at radius 1 is 1.54 bits per heavy atom. The Kier molecular flexibility index (Phi) is 7.59. The van der Waals surface area contributed by atoms with Crippen molar-refractivity contribution in [2.24, 2.45) is 5.73 Å².